The predicted octanol–water partition coefficient (Wildman–Crippen LogP) is 2.45. The Balaban J connectivity index is 1.85. The van der Waals surface area contributed by atoms with Gasteiger partial charge in [0.25, 0.3) is 0 Å². The van der Waals surface area contributed by atoms with Gasteiger partial charge in [-0.3, -0.25) is 0 Å². The molecule has 2 atom stereocenters. The fourth-order valence-electron chi connectivity index (χ4n) is 2.14. The summed E-state index contributed by atoms with van der Waals surface area (Å²) in [6.07, 6.45) is 0.937. The average molecular weight is 254 g/mol. The third-order valence-electron chi connectivity index (χ3n) is 3.21. The van der Waals surface area contributed by atoms with Crippen LogP contribution >= 0.6 is 0 Å². The lowest BCUT2D eigenvalue weighted by molar-refractivity contribution is 0.0155. The third kappa shape index (κ3) is 3.28. The van der Waals surface area contributed by atoms with E-state index in [2.05, 4.69) is 0 Å². The van der Waals surface area contributed by atoms with Gasteiger partial charge in [0.15, 0.2) is 0 Å². The van der Waals surface area contributed by atoms with Crippen molar-refractivity contribution in [2.45, 2.75) is 32.2 Å². The Morgan fingerprint density at radius 1 is 1.44 bits per heavy atom. The molecule has 1 saturated heterocycles. The molecule has 3 nitrogen and oxygen atoms in total. The zero-order chi connectivity index (χ0) is 13.0. The maximum atomic E-state index is 13.6. The monoisotopic (exact) mass is 254 g/mol. The largest absolute Gasteiger partial charge is 0.382 e. The van der Waals surface area contributed by atoms with Crippen LogP contribution in [0.2, 0.25) is 0 Å². The van der Waals surface area contributed by atoms with Crippen molar-refractivity contribution in [2.75, 3.05) is 20.3 Å². The Morgan fingerprint density at radius 3 is 3.00 bits per heavy atom. The van der Waals surface area contributed by atoms with Crippen molar-refractivity contribution in [3.63, 3.8) is 0 Å². The third-order valence-corrected chi connectivity index (χ3v) is 3.21. The number of aryl methyl sites for hydroxylation is 1. The number of methoxy groups -OCH3 is 1. The Kier molecular flexibility index (Phi) is 4.69. The summed E-state index contributed by atoms with van der Waals surface area (Å²) in [5.41, 5.74) is 1.55. The Hall–Kier alpha value is -0.970. The highest BCUT2D eigenvalue weighted by atomic mass is 19.1. The highest BCUT2D eigenvalue weighted by Gasteiger charge is 2.26. The molecule has 1 heterocycles. The first-order valence-corrected chi connectivity index (χ1v) is 6.17. The smallest absolute Gasteiger partial charge is 0.128 e. The van der Waals surface area contributed by atoms with Crippen LogP contribution in [0.4, 0.5) is 4.39 Å². The van der Waals surface area contributed by atoms with Crippen molar-refractivity contribution in [1.82, 2.24) is 0 Å². The van der Waals surface area contributed by atoms with E-state index in [4.69, 9.17) is 14.2 Å². The van der Waals surface area contributed by atoms with E-state index < -0.39 is 0 Å². The fourth-order valence-corrected chi connectivity index (χ4v) is 2.14. The summed E-state index contributed by atoms with van der Waals surface area (Å²) >= 11 is 0. The van der Waals surface area contributed by atoms with Crippen LogP contribution in [-0.4, -0.2) is 32.5 Å². The molecule has 0 bridgehead atoms. The van der Waals surface area contributed by atoms with Gasteiger partial charge in [-0.2, -0.15) is 0 Å². The van der Waals surface area contributed by atoms with Crippen molar-refractivity contribution in [3.8, 4) is 0 Å². The minimum absolute atomic E-state index is 0.0316. The van der Waals surface area contributed by atoms with Crippen LogP contribution in [0.1, 0.15) is 17.5 Å². The van der Waals surface area contributed by atoms with Crippen molar-refractivity contribution in [1.29, 1.82) is 0 Å². The predicted molar refractivity (Wildman–Crippen MR) is 65.9 cm³/mol. The van der Waals surface area contributed by atoms with Crippen molar-refractivity contribution >= 4 is 0 Å². The van der Waals surface area contributed by atoms with Crippen molar-refractivity contribution < 1.29 is 18.6 Å². The molecular weight excluding hydrogens is 235 g/mol. The van der Waals surface area contributed by atoms with Crippen LogP contribution < -0.4 is 0 Å². The van der Waals surface area contributed by atoms with Gasteiger partial charge in [-0.05, 0) is 18.6 Å². The molecular formula is C14H19FO3. The second-order valence-electron chi connectivity index (χ2n) is 4.61. The molecule has 1 fully saturated rings. The van der Waals surface area contributed by atoms with Gasteiger partial charge in [0.1, 0.15) is 5.82 Å². The average Bonchev–Trinajstić information content (AvgIpc) is 2.77. The van der Waals surface area contributed by atoms with Crippen LogP contribution in [0.15, 0.2) is 18.2 Å². The van der Waals surface area contributed by atoms with E-state index in [1.165, 1.54) is 6.07 Å². The number of hydrogen-bond donors (Lipinski definition) is 0. The van der Waals surface area contributed by atoms with Crippen LogP contribution in [0.3, 0.4) is 0 Å². The van der Waals surface area contributed by atoms with Gasteiger partial charge in [0, 0.05) is 19.1 Å². The molecule has 1 aliphatic heterocycles. The van der Waals surface area contributed by atoms with Gasteiger partial charge in [0.05, 0.1) is 32.0 Å². The number of halogens is 1. The second-order valence-corrected chi connectivity index (χ2v) is 4.61. The number of rotatable bonds is 5. The first kappa shape index (κ1) is 13.5. The maximum Gasteiger partial charge on any atom is 0.128 e. The van der Waals surface area contributed by atoms with Gasteiger partial charge < -0.3 is 14.2 Å². The molecule has 4 heteroatoms. The summed E-state index contributed by atoms with van der Waals surface area (Å²) < 4.78 is 29.8. The minimum atomic E-state index is -0.206. The van der Waals surface area contributed by atoms with Crippen LogP contribution in [0.5, 0.6) is 0 Å². The zero-order valence-corrected chi connectivity index (χ0v) is 10.8. The van der Waals surface area contributed by atoms with E-state index in [-0.39, 0.29) is 18.0 Å². The highest BCUT2D eigenvalue weighted by molar-refractivity contribution is 5.26. The first-order valence-electron chi connectivity index (χ1n) is 6.17. The summed E-state index contributed by atoms with van der Waals surface area (Å²) in [5, 5.41) is 0. The number of benzene rings is 1. The molecule has 0 aromatic heterocycles. The van der Waals surface area contributed by atoms with Gasteiger partial charge in [-0.25, -0.2) is 4.39 Å². The summed E-state index contributed by atoms with van der Waals surface area (Å²) in [6, 6.07) is 5.06. The molecule has 0 aliphatic carbocycles. The first-order chi connectivity index (χ1) is 8.70. The van der Waals surface area contributed by atoms with Gasteiger partial charge in [0.2, 0.25) is 0 Å². The molecule has 18 heavy (non-hydrogen) atoms. The molecule has 2 unspecified atom stereocenters. The Bertz CT molecular complexity index is 374. The molecule has 0 amide bonds. The Morgan fingerprint density at radius 2 is 2.28 bits per heavy atom. The molecule has 0 saturated carbocycles. The number of ether oxygens (including phenoxy) is 3. The number of hydrogen-bond acceptors (Lipinski definition) is 3. The van der Waals surface area contributed by atoms with Crippen LogP contribution in [0, 0.1) is 12.7 Å². The second kappa shape index (κ2) is 6.27. The lowest BCUT2D eigenvalue weighted by Gasteiger charge is -2.12. The molecule has 0 radical (unpaired) electrons. The SMILES string of the molecule is COCC1CC(OCc2c(C)cccc2F)CO1. The van der Waals surface area contributed by atoms with Crippen LogP contribution in [-0.2, 0) is 20.8 Å². The van der Waals surface area contributed by atoms with E-state index in [0.29, 0.717) is 25.4 Å². The zero-order valence-electron chi connectivity index (χ0n) is 10.8. The molecule has 0 spiro atoms. The molecule has 1 aliphatic rings. The minimum Gasteiger partial charge on any atom is -0.382 e. The summed E-state index contributed by atoms with van der Waals surface area (Å²) in [7, 11) is 1.65. The fraction of sp³-hybridized carbons (Fsp3) is 0.571. The molecule has 0 N–H and O–H groups in total. The lowest BCUT2D eigenvalue weighted by atomic mass is 10.1. The van der Waals surface area contributed by atoms with Gasteiger partial charge in [-0.1, -0.05) is 12.1 Å². The van der Waals surface area contributed by atoms with E-state index in [9.17, 15) is 4.39 Å². The standard InChI is InChI=1S/C14H19FO3/c1-10-4-3-5-14(15)13(10)9-18-12-6-11(7-16-2)17-8-12/h3-5,11-12H,6-9H2,1-2H3. The molecule has 2 rings (SSSR count). The van der Waals surface area contributed by atoms with Gasteiger partial charge >= 0.3 is 0 Å². The quantitative estimate of drug-likeness (QED) is 0.808. The summed E-state index contributed by atoms with van der Waals surface area (Å²) in [6.45, 7) is 3.33. The maximum absolute atomic E-state index is 13.6. The van der Waals surface area contributed by atoms with E-state index in [0.717, 1.165) is 12.0 Å². The molecule has 1 aromatic carbocycles. The summed E-state index contributed by atoms with van der Waals surface area (Å²) in [4.78, 5) is 0. The lowest BCUT2D eigenvalue weighted by Crippen LogP contribution is -2.15. The van der Waals surface area contributed by atoms with E-state index in [1.54, 1.807) is 13.2 Å². The van der Waals surface area contributed by atoms with Gasteiger partial charge in [-0.15, -0.1) is 0 Å². The van der Waals surface area contributed by atoms with Crippen LogP contribution in [0.25, 0.3) is 0 Å². The summed E-state index contributed by atoms with van der Waals surface area (Å²) in [5.74, 6) is -0.206. The highest BCUT2D eigenvalue weighted by Crippen LogP contribution is 2.20. The topological polar surface area (TPSA) is 27.7 Å². The molecule has 1 aromatic rings. The van der Waals surface area contributed by atoms with Crippen molar-refractivity contribution in [2.24, 2.45) is 0 Å². The van der Waals surface area contributed by atoms with Crippen molar-refractivity contribution in [3.05, 3.63) is 35.1 Å². The molecule has 100 valence electrons. The van der Waals surface area contributed by atoms with E-state index >= 15 is 0 Å². The van der Waals surface area contributed by atoms with E-state index in [1.807, 2.05) is 13.0 Å². The Labute approximate surface area is 107 Å². The normalized spacial score (nSPS) is 23.5.